The topological polar surface area (TPSA) is 103 Å². The van der Waals surface area contributed by atoms with Crippen molar-refractivity contribution in [3.8, 4) is 17.2 Å². The van der Waals surface area contributed by atoms with Gasteiger partial charge >= 0.3 is 0 Å². The average Bonchev–Trinajstić information content (AvgIpc) is 2.86. The highest BCUT2D eigenvalue weighted by molar-refractivity contribution is 6.05. The number of rotatable bonds is 6. The van der Waals surface area contributed by atoms with Crippen molar-refractivity contribution < 1.29 is 19.1 Å². The molecule has 1 fully saturated rings. The lowest BCUT2D eigenvalue weighted by Gasteiger charge is -2.35. The van der Waals surface area contributed by atoms with Crippen LogP contribution in [0, 0.1) is 11.8 Å². The van der Waals surface area contributed by atoms with E-state index in [1.807, 2.05) is 0 Å². The molecule has 1 N–H and O–H groups in total. The van der Waals surface area contributed by atoms with Crippen LogP contribution in [0.3, 0.4) is 0 Å². The van der Waals surface area contributed by atoms with Gasteiger partial charge in [-0.3, -0.25) is 14.4 Å². The Bertz CT molecular complexity index is 1310. The van der Waals surface area contributed by atoms with Gasteiger partial charge in [0.1, 0.15) is 0 Å². The van der Waals surface area contributed by atoms with Crippen molar-refractivity contribution in [2.75, 3.05) is 33.9 Å². The van der Waals surface area contributed by atoms with E-state index in [1.165, 1.54) is 14.2 Å². The van der Waals surface area contributed by atoms with Crippen LogP contribution in [0.2, 0.25) is 0 Å². The molecule has 0 aliphatic carbocycles. The standard InChI is InChI=1S/C26H30N4O5/c1-16-11-17(2)15-29(14-16)23(31)13-27-25(32)24-19-7-5-6-8-20(19)26(33)30(28-24)18-9-10-21(34-3)22(12-18)35-4/h5-10,12,16-17H,11,13-15H2,1-4H3,(H,27,32)/t16-,17-/m0/s1. The lowest BCUT2D eigenvalue weighted by molar-refractivity contribution is -0.132. The van der Waals surface area contributed by atoms with E-state index >= 15 is 0 Å². The van der Waals surface area contributed by atoms with Gasteiger partial charge in [0.2, 0.25) is 5.91 Å². The van der Waals surface area contributed by atoms with Gasteiger partial charge in [-0.2, -0.15) is 9.78 Å². The Kier molecular flexibility index (Phi) is 7.04. The third-order valence-corrected chi connectivity index (χ3v) is 6.25. The SMILES string of the molecule is COc1ccc(-n2nc(C(=O)NCC(=O)N3C[C@@H](C)C[C@H](C)C3)c3ccccc3c2=O)cc1OC. The van der Waals surface area contributed by atoms with Crippen LogP contribution >= 0.6 is 0 Å². The van der Waals surface area contributed by atoms with Crippen molar-refractivity contribution in [3.63, 3.8) is 0 Å². The van der Waals surface area contributed by atoms with Gasteiger partial charge in [-0.25, -0.2) is 0 Å². The maximum atomic E-state index is 13.2. The fraction of sp³-hybridized carbons (Fsp3) is 0.385. The normalized spacial score (nSPS) is 17.8. The Morgan fingerprint density at radius 2 is 1.66 bits per heavy atom. The van der Waals surface area contributed by atoms with Crippen LogP contribution < -0.4 is 20.3 Å². The van der Waals surface area contributed by atoms with Crippen LogP contribution in [0.15, 0.2) is 47.3 Å². The van der Waals surface area contributed by atoms with Crippen molar-refractivity contribution in [2.45, 2.75) is 20.3 Å². The molecule has 2 aromatic carbocycles. The molecule has 1 saturated heterocycles. The zero-order chi connectivity index (χ0) is 25.1. The van der Waals surface area contributed by atoms with E-state index in [0.29, 0.717) is 52.9 Å². The minimum atomic E-state index is -0.526. The summed E-state index contributed by atoms with van der Waals surface area (Å²) in [5, 5.41) is 7.85. The minimum absolute atomic E-state index is 0.0585. The number of nitrogens with one attached hydrogen (secondary N) is 1. The van der Waals surface area contributed by atoms with Crippen molar-refractivity contribution in [1.82, 2.24) is 20.0 Å². The maximum absolute atomic E-state index is 13.2. The van der Waals surface area contributed by atoms with Crippen LogP contribution in [0.5, 0.6) is 11.5 Å². The molecule has 0 unspecified atom stereocenters. The largest absolute Gasteiger partial charge is 0.493 e. The molecule has 0 radical (unpaired) electrons. The third-order valence-electron chi connectivity index (χ3n) is 6.25. The van der Waals surface area contributed by atoms with Crippen molar-refractivity contribution in [1.29, 1.82) is 0 Å². The zero-order valence-electron chi connectivity index (χ0n) is 20.4. The Morgan fingerprint density at radius 1 is 1.00 bits per heavy atom. The first-order valence-electron chi connectivity index (χ1n) is 11.6. The number of carbonyl (C=O) groups excluding carboxylic acids is 2. The average molecular weight is 479 g/mol. The molecular weight excluding hydrogens is 448 g/mol. The minimum Gasteiger partial charge on any atom is -0.493 e. The fourth-order valence-electron chi connectivity index (χ4n) is 4.71. The molecule has 4 rings (SSSR count). The van der Waals surface area contributed by atoms with Gasteiger partial charge in [0, 0.05) is 24.5 Å². The second kappa shape index (κ2) is 10.2. The second-order valence-electron chi connectivity index (χ2n) is 9.08. The highest BCUT2D eigenvalue weighted by Gasteiger charge is 2.26. The Labute approximate surface area is 203 Å². The lowest BCUT2D eigenvalue weighted by atomic mass is 9.92. The van der Waals surface area contributed by atoms with E-state index in [2.05, 4.69) is 24.3 Å². The first-order valence-corrected chi connectivity index (χ1v) is 11.6. The summed E-state index contributed by atoms with van der Waals surface area (Å²) < 4.78 is 11.8. The molecular formula is C26H30N4O5. The molecule has 1 aliphatic rings. The van der Waals surface area contributed by atoms with Crippen LogP contribution in [-0.2, 0) is 4.79 Å². The quantitative estimate of drug-likeness (QED) is 0.584. The van der Waals surface area contributed by atoms with E-state index in [1.54, 1.807) is 47.4 Å². The number of carbonyl (C=O) groups is 2. The van der Waals surface area contributed by atoms with Crippen molar-refractivity contribution in [2.24, 2.45) is 11.8 Å². The number of ether oxygens (including phenoxy) is 2. The second-order valence-corrected chi connectivity index (χ2v) is 9.08. The predicted octanol–water partition coefficient (Wildman–Crippen LogP) is 2.64. The van der Waals surface area contributed by atoms with E-state index < -0.39 is 5.91 Å². The monoisotopic (exact) mass is 478 g/mol. The summed E-state index contributed by atoms with van der Waals surface area (Å²) in [4.78, 5) is 41.0. The predicted molar refractivity (Wildman–Crippen MR) is 132 cm³/mol. The summed E-state index contributed by atoms with van der Waals surface area (Å²) in [6, 6.07) is 11.7. The summed E-state index contributed by atoms with van der Waals surface area (Å²) in [5.41, 5.74) is 0.0970. The van der Waals surface area contributed by atoms with Gasteiger partial charge in [-0.05, 0) is 36.5 Å². The Hall–Kier alpha value is -3.88. The fourth-order valence-corrected chi connectivity index (χ4v) is 4.71. The van der Waals surface area contributed by atoms with Crippen molar-refractivity contribution in [3.05, 3.63) is 58.5 Å². The molecule has 1 aliphatic heterocycles. The van der Waals surface area contributed by atoms with Crippen LogP contribution in [0.4, 0.5) is 0 Å². The first kappa shape index (κ1) is 24.3. The summed E-state index contributed by atoms with van der Waals surface area (Å²) in [6.07, 6.45) is 1.09. The summed E-state index contributed by atoms with van der Waals surface area (Å²) in [5.74, 6) is 1.12. The van der Waals surface area contributed by atoms with E-state index in [-0.39, 0.29) is 23.7 Å². The molecule has 0 saturated carbocycles. The van der Waals surface area contributed by atoms with Crippen LogP contribution in [0.25, 0.3) is 16.5 Å². The van der Waals surface area contributed by atoms with Gasteiger partial charge in [-0.15, -0.1) is 0 Å². The van der Waals surface area contributed by atoms with Crippen LogP contribution in [-0.4, -0.2) is 60.3 Å². The molecule has 0 bridgehead atoms. The number of aromatic nitrogens is 2. The van der Waals surface area contributed by atoms with Crippen LogP contribution in [0.1, 0.15) is 30.8 Å². The molecule has 9 nitrogen and oxygen atoms in total. The molecule has 3 aromatic rings. The molecule has 0 spiro atoms. The number of amides is 2. The highest BCUT2D eigenvalue weighted by atomic mass is 16.5. The number of piperidine rings is 1. The molecule has 35 heavy (non-hydrogen) atoms. The van der Waals surface area contributed by atoms with E-state index in [4.69, 9.17) is 9.47 Å². The van der Waals surface area contributed by atoms with Gasteiger partial charge in [-0.1, -0.05) is 32.0 Å². The number of likely N-dealkylation sites (tertiary alicyclic amines) is 1. The maximum Gasteiger partial charge on any atom is 0.279 e. The molecule has 2 atom stereocenters. The Balaban J connectivity index is 1.66. The molecule has 9 heteroatoms. The molecule has 2 amide bonds. The lowest BCUT2D eigenvalue weighted by Crippen LogP contribution is -2.47. The first-order chi connectivity index (χ1) is 16.8. The molecule has 1 aromatic heterocycles. The molecule has 184 valence electrons. The number of hydrogen-bond donors (Lipinski definition) is 1. The smallest absolute Gasteiger partial charge is 0.279 e. The third kappa shape index (κ3) is 4.99. The zero-order valence-corrected chi connectivity index (χ0v) is 20.4. The van der Waals surface area contributed by atoms with Gasteiger partial charge in [0.05, 0.1) is 31.8 Å². The number of nitrogens with zero attached hydrogens (tertiary/aromatic N) is 3. The van der Waals surface area contributed by atoms with E-state index in [0.717, 1.165) is 11.1 Å². The van der Waals surface area contributed by atoms with Gasteiger partial charge in [0.25, 0.3) is 11.5 Å². The number of methoxy groups -OCH3 is 2. The Morgan fingerprint density at radius 3 is 2.31 bits per heavy atom. The summed E-state index contributed by atoms with van der Waals surface area (Å²) >= 11 is 0. The number of hydrogen-bond acceptors (Lipinski definition) is 6. The van der Waals surface area contributed by atoms with E-state index in [9.17, 15) is 14.4 Å². The summed E-state index contributed by atoms with van der Waals surface area (Å²) in [6.45, 7) is 5.49. The summed E-state index contributed by atoms with van der Waals surface area (Å²) in [7, 11) is 3.02. The van der Waals surface area contributed by atoms with Crippen molar-refractivity contribution >= 4 is 22.6 Å². The van der Waals surface area contributed by atoms with Gasteiger partial charge in [0.15, 0.2) is 17.2 Å². The number of benzene rings is 2. The van der Waals surface area contributed by atoms with Gasteiger partial charge < -0.3 is 19.7 Å². The highest BCUT2D eigenvalue weighted by Crippen LogP contribution is 2.29. The molecule has 2 heterocycles. The number of fused-ring (bicyclic) bond motifs is 1.